The fourth-order valence-corrected chi connectivity index (χ4v) is 2.77. The Morgan fingerprint density at radius 1 is 1.35 bits per heavy atom. The number of nitrogens with one attached hydrogen (secondary N) is 2. The summed E-state index contributed by atoms with van der Waals surface area (Å²) in [6, 6.07) is 11.6. The van der Waals surface area contributed by atoms with Crippen molar-refractivity contribution >= 4 is 34.8 Å². The topological polar surface area (TPSA) is 46.4 Å². The van der Waals surface area contributed by atoms with Gasteiger partial charge in [0, 0.05) is 24.1 Å². The quantitative estimate of drug-likeness (QED) is 0.405. The van der Waals surface area contributed by atoms with Crippen LogP contribution in [0.4, 0.5) is 5.69 Å². The SMILES string of the molecule is C=CCOc1cccc(NC(=S)NCCSCc2ccco2)c1. The molecule has 0 atom stereocenters. The molecule has 0 saturated heterocycles. The maximum Gasteiger partial charge on any atom is 0.170 e. The van der Waals surface area contributed by atoms with Crippen LogP contribution in [-0.2, 0) is 5.75 Å². The van der Waals surface area contributed by atoms with E-state index in [0.717, 1.165) is 35.2 Å². The summed E-state index contributed by atoms with van der Waals surface area (Å²) >= 11 is 7.09. The lowest BCUT2D eigenvalue weighted by Gasteiger charge is -2.11. The molecule has 0 spiro atoms. The average Bonchev–Trinajstić information content (AvgIpc) is 3.06. The van der Waals surface area contributed by atoms with Crippen LogP contribution in [0, 0.1) is 0 Å². The second kappa shape index (κ2) is 9.97. The summed E-state index contributed by atoms with van der Waals surface area (Å²) in [4.78, 5) is 0. The molecule has 23 heavy (non-hydrogen) atoms. The van der Waals surface area contributed by atoms with Crippen LogP contribution in [0.3, 0.4) is 0 Å². The standard InChI is InChI=1S/C17H20N2O2S2/c1-2-9-20-15-6-3-5-14(12-15)19-17(22)18-8-11-23-13-16-7-4-10-21-16/h2-7,10,12H,1,8-9,11,13H2,(H2,18,19,22). The maximum atomic E-state index is 5.49. The minimum atomic E-state index is 0.485. The number of anilines is 1. The number of rotatable bonds is 9. The monoisotopic (exact) mass is 348 g/mol. The number of hydrogen-bond donors (Lipinski definition) is 2. The number of thioether (sulfide) groups is 1. The number of furan rings is 1. The van der Waals surface area contributed by atoms with E-state index in [1.165, 1.54) is 0 Å². The third-order valence-electron chi connectivity index (χ3n) is 2.82. The van der Waals surface area contributed by atoms with E-state index in [4.69, 9.17) is 21.4 Å². The first-order chi connectivity index (χ1) is 11.3. The van der Waals surface area contributed by atoms with E-state index < -0.39 is 0 Å². The molecule has 0 amide bonds. The molecule has 0 bridgehead atoms. The first-order valence-electron chi connectivity index (χ1n) is 7.26. The molecule has 0 aliphatic heterocycles. The number of ether oxygens (including phenoxy) is 1. The van der Waals surface area contributed by atoms with Gasteiger partial charge in [0.05, 0.1) is 12.0 Å². The number of thiocarbonyl (C=S) groups is 1. The van der Waals surface area contributed by atoms with Crippen LogP contribution in [0.15, 0.2) is 59.7 Å². The van der Waals surface area contributed by atoms with Gasteiger partial charge in [-0.2, -0.15) is 11.8 Å². The van der Waals surface area contributed by atoms with Gasteiger partial charge in [-0.1, -0.05) is 18.7 Å². The van der Waals surface area contributed by atoms with E-state index >= 15 is 0 Å². The van der Waals surface area contributed by atoms with Crippen molar-refractivity contribution in [3.63, 3.8) is 0 Å². The van der Waals surface area contributed by atoms with Crippen molar-refractivity contribution in [1.29, 1.82) is 0 Å². The summed E-state index contributed by atoms with van der Waals surface area (Å²) in [6.07, 6.45) is 3.41. The molecule has 4 nitrogen and oxygen atoms in total. The van der Waals surface area contributed by atoms with E-state index in [-0.39, 0.29) is 0 Å². The summed E-state index contributed by atoms with van der Waals surface area (Å²) in [5, 5.41) is 6.94. The van der Waals surface area contributed by atoms with Crippen LogP contribution in [0.5, 0.6) is 5.75 Å². The lowest BCUT2D eigenvalue weighted by atomic mass is 10.3. The van der Waals surface area contributed by atoms with Crippen molar-refractivity contribution in [1.82, 2.24) is 5.32 Å². The van der Waals surface area contributed by atoms with Gasteiger partial charge in [-0.05, 0) is 36.5 Å². The Hall–Kier alpha value is -1.92. The van der Waals surface area contributed by atoms with Crippen LogP contribution in [0.1, 0.15) is 5.76 Å². The summed E-state index contributed by atoms with van der Waals surface area (Å²) in [6.45, 7) is 4.91. The summed E-state index contributed by atoms with van der Waals surface area (Å²) in [7, 11) is 0. The van der Waals surface area contributed by atoms with E-state index in [0.29, 0.717) is 11.7 Å². The highest BCUT2D eigenvalue weighted by molar-refractivity contribution is 7.98. The lowest BCUT2D eigenvalue weighted by molar-refractivity contribution is 0.363. The predicted molar refractivity (Wildman–Crippen MR) is 101 cm³/mol. The molecular weight excluding hydrogens is 328 g/mol. The normalized spacial score (nSPS) is 10.1. The molecule has 0 aliphatic rings. The fraction of sp³-hybridized carbons (Fsp3) is 0.235. The zero-order chi connectivity index (χ0) is 16.3. The molecule has 0 unspecified atom stereocenters. The van der Waals surface area contributed by atoms with E-state index in [1.807, 2.05) is 36.4 Å². The van der Waals surface area contributed by atoms with E-state index in [2.05, 4.69) is 17.2 Å². The van der Waals surface area contributed by atoms with Crippen LogP contribution in [0.25, 0.3) is 0 Å². The second-order valence-corrected chi connectivity index (χ2v) is 6.15. The molecular formula is C17H20N2O2S2. The van der Waals surface area contributed by atoms with Crippen molar-refractivity contribution in [3.05, 3.63) is 61.1 Å². The van der Waals surface area contributed by atoms with Gasteiger partial charge in [0.25, 0.3) is 0 Å². The molecule has 2 N–H and O–H groups in total. The molecule has 1 heterocycles. The Morgan fingerprint density at radius 3 is 3.04 bits per heavy atom. The summed E-state index contributed by atoms with van der Waals surface area (Å²) < 4.78 is 10.8. The van der Waals surface area contributed by atoms with Gasteiger partial charge in [0.1, 0.15) is 18.1 Å². The molecule has 122 valence electrons. The second-order valence-electron chi connectivity index (χ2n) is 4.64. The molecule has 0 saturated carbocycles. The first-order valence-corrected chi connectivity index (χ1v) is 8.83. The van der Waals surface area contributed by atoms with Crippen molar-refractivity contribution in [2.45, 2.75) is 5.75 Å². The molecule has 1 aromatic heterocycles. The molecule has 2 rings (SSSR count). The highest BCUT2D eigenvalue weighted by atomic mass is 32.2. The van der Waals surface area contributed by atoms with Crippen molar-refractivity contribution in [3.8, 4) is 5.75 Å². The zero-order valence-electron chi connectivity index (χ0n) is 12.8. The van der Waals surface area contributed by atoms with Crippen LogP contribution in [-0.4, -0.2) is 24.0 Å². The van der Waals surface area contributed by atoms with Gasteiger partial charge in [0.15, 0.2) is 5.11 Å². The third-order valence-corrected chi connectivity index (χ3v) is 4.04. The van der Waals surface area contributed by atoms with Gasteiger partial charge < -0.3 is 19.8 Å². The Labute approximate surface area is 146 Å². The molecule has 1 aromatic carbocycles. The molecule has 6 heteroatoms. The predicted octanol–water partition coefficient (Wildman–Crippen LogP) is 4.06. The average molecular weight is 348 g/mol. The summed E-state index contributed by atoms with van der Waals surface area (Å²) in [5.74, 6) is 3.60. The van der Waals surface area contributed by atoms with Crippen LogP contribution >= 0.6 is 24.0 Å². The third kappa shape index (κ3) is 6.80. The Balaban J connectivity index is 1.65. The highest BCUT2D eigenvalue weighted by Gasteiger charge is 2.00. The maximum absolute atomic E-state index is 5.49. The van der Waals surface area contributed by atoms with Crippen molar-refractivity contribution < 1.29 is 9.15 Å². The highest BCUT2D eigenvalue weighted by Crippen LogP contribution is 2.17. The lowest BCUT2D eigenvalue weighted by Crippen LogP contribution is -2.30. The van der Waals surface area contributed by atoms with Gasteiger partial charge >= 0.3 is 0 Å². The van der Waals surface area contributed by atoms with Gasteiger partial charge in [-0.15, -0.1) is 0 Å². The van der Waals surface area contributed by atoms with Gasteiger partial charge in [-0.25, -0.2) is 0 Å². The van der Waals surface area contributed by atoms with Gasteiger partial charge in [0.2, 0.25) is 0 Å². The Morgan fingerprint density at radius 2 is 2.26 bits per heavy atom. The fourth-order valence-electron chi connectivity index (χ4n) is 1.80. The molecule has 2 aromatic rings. The number of benzene rings is 1. The minimum absolute atomic E-state index is 0.485. The van der Waals surface area contributed by atoms with Crippen LogP contribution in [0.2, 0.25) is 0 Å². The summed E-state index contributed by atoms with van der Waals surface area (Å²) in [5.41, 5.74) is 0.896. The van der Waals surface area contributed by atoms with E-state index in [9.17, 15) is 0 Å². The Kier molecular flexibility index (Phi) is 7.56. The smallest absolute Gasteiger partial charge is 0.170 e. The largest absolute Gasteiger partial charge is 0.489 e. The van der Waals surface area contributed by atoms with Gasteiger partial charge in [-0.3, -0.25) is 0 Å². The molecule has 0 aliphatic carbocycles. The minimum Gasteiger partial charge on any atom is -0.489 e. The van der Waals surface area contributed by atoms with Crippen molar-refractivity contribution in [2.24, 2.45) is 0 Å². The van der Waals surface area contributed by atoms with Crippen molar-refractivity contribution in [2.75, 3.05) is 24.2 Å². The molecule has 0 fully saturated rings. The Bertz CT molecular complexity index is 615. The number of hydrogen-bond acceptors (Lipinski definition) is 4. The van der Waals surface area contributed by atoms with Crippen LogP contribution < -0.4 is 15.4 Å². The zero-order valence-corrected chi connectivity index (χ0v) is 14.4. The first kappa shape index (κ1) is 17.4. The van der Waals surface area contributed by atoms with E-state index in [1.54, 1.807) is 24.1 Å². The molecule has 0 radical (unpaired) electrons.